The molecule has 0 radical (unpaired) electrons. The maximum absolute atomic E-state index is 13.1. The number of hydrogen-bond donors (Lipinski definition) is 1. The van der Waals surface area contributed by atoms with Crippen molar-refractivity contribution in [1.29, 1.82) is 0 Å². The number of aryl methyl sites for hydroxylation is 1. The molecule has 9 heteroatoms. The van der Waals surface area contributed by atoms with Crippen molar-refractivity contribution in [3.8, 4) is 0 Å². The van der Waals surface area contributed by atoms with Crippen molar-refractivity contribution < 1.29 is 13.9 Å². The van der Waals surface area contributed by atoms with Gasteiger partial charge < -0.3 is 10.1 Å². The highest BCUT2D eigenvalue weighted by atomic mass is 19.1. The van der Waals surface area contributed by atoms with Gasteiger partial charge in [-0.15, -0.1) is 0 Å². The molecule has 0 aliphatic carbocycles. The van der Waals surface area contributed by atoms with E-state index in [4.69, 9.17) is 4.74 Å². The predicted octanol–water partition coefficient (Wildman–Crippen LogP) is 0.386. The van der Waals surface area contributed by atoms with Crippen LogP contribution < -0.4 is 11.0 Å². The second-order valence-corrected chi connectivity index (χ2v) is 7.61. The maximum atomic E-state index is 13.1. The molecule has 156 valence electrons. The number of ether oxygens (including phenoxy) is 1. The molecular formula is C20H26FN5O3. The summed E-state index contributed by atoms with van der Waals surface area (Å²) >= 11 is 0. The fourth-order valence-corrected chi connectivity index (χ4v) is 3.87. The van der Waals surface area contributed by atoms with Crippen LogP contribution in [0.15, 0.2) is 29.1 Å². The van der Waals surface area contributed by atoms with Gasteiger partial charge in [0.15, 0.2) is 0 Å². The summed E-state index contributed by atoms with van der Waals surface area (Å²) in [4.78, 5) is 27.1. The molecule has 1 amide bonds. The van der Waals surface area contributed by atoms with Crippen LogP contribution in [0, 0.1) is 5.82 Å². The van der Waals surface area contributed by atoms with E-state index in [-0.39, 0.29) is 23.5 Å². The van der Waals surface area contributed by atoms with E-state index in [0.29, 0.717) is 45.7 Å². The molecule has 1 fully saturated rings. The number of nitrogens with zero attached hydrogens (tertiary/aromatic N) is 4. The number of benzene rings is 1. The Morgan fingerprint density at radius 3 is 2.69 bits per heavy atom. The molecule has 4 rings (SSSR count). The van der Waals surface area contributed by atoms with E-state index in [1.165, 1.54) is 16.8 Å². The van der Waals surface area contributed by atoms with Gasteiger partial charge in [-0.2, -0.15) is 5.10 Å². The first-order valence-corrected chi connectivity index (χ1v) is 10.1. The van der Waals surface area contributed by atoms with Gasteiger partial charge >= 0.3 is 5.69 Å². The van der Waals surface area contributed by atoms with Crippen molar-refractivity contribution >= 4 is 5.91 Å². The Balaban J connectivity index is 1.34. The second-order valence-electron chi connectivity index (χ2n) is 7.61. The van der Waals surface area contributed by atoms with Crippen molar-refractivity contribution in [3.05, 3.63) is 52.0 Å². The zero-order chi connectivity index (χ0) is 20.2. The average Bonchev–Trinajstić information content (AvgIpc) is 2.87. The van der Waals surface area contributed by atoms with E-state index >= 15 is 0 Å². The first kappa shape index (κ1) is 19.8. The molecule has 0 bridgehead atoms. The Morgan fingerprint density at radius 2 is 1.93 bits per heavy atom. The topological polar surface area (TPSA) is 81.4 Å². The number of carbonyl (C=O) groups excluding carboxylic acids is 1. The van der Waals surface area contributed by atoms with Gasteiger partial charge in [-0.3, -0.25) is 14.3 Å². The van der Waals surface area contributed by atoms with Gasteiger partial charge in [-0.25, -0.2) is 13.9 Å². The lowest BCUT2D eigenvalue weighted by atomic mass is 10.1. The van der Waals surface area contributed by atoms with Crippen LogP contribution in [0.5, 0.6) is 0 Å². The van der Waals surface area contributed by atoms with Crippen molar-refractivity contribution in [2.24, 2.45) is 0 Å². The van der Waals surface area contributed by atoms with Crippen molar-refractivity contribution in [2.75, 3.05) is 32.8 Å². The molecule has 0 saturated carbocycles. The summed E-state index contributed by atoms with van der Waals surface area (Å²) in [5.41, 5.74) is 0.666. The molecule has 8 nitrogen and oxygen atoms in total. The second kappa shape index (κ2) is 8.87. The van der Waals surface area contributed by atoms with Crippen LogP contribution in [-0.2, 0) is 29.0 Å². The minimum Gasteiger partial charge on any atom is -0.379 e. The minimum absolute atomic E-state index is 0.0187. The Morgan fingerprint density at radius 1 is 1.17 bits per heavy atom. The molecule has 2 aromatic rings. The smallest absolute Gasteiger partial charge is 0.346 e. The molecule has 29 heavy (non-hydrogen) atoms. The van der Waals surface area contributed by atoms with Crippen LogP contribution in [0.25, 0.3) is 0 Å². The SMILES string of the molecule is O=C(CN1CCOCC1)NC1CCc2nn(Cc3ccc(F)cc3)c(=O)n2CC1. The van der Waals surface area contributed by atoms with Gasteiger partial charge in [-0.1, -0.05) is 12.1 Å². The summed E-state index contributed by atoms with van der Waals surface area (Å²) in [7, 11) is 0. The third kappa shape index (κ3) is 4.91. The van der Waals surface area contributed by atoms with Crippen LogP contribution in [0.1, 0.15) is 24.2 Å². The third-order valence-electron chi connectivity index (χ3n) is 5.50. The van der Waals surface area contributed by atoms with Crippen molar-refractivity contribution in [1.82, 2.24) is 24.6 Å². The quantitative estimate of drug-likeness (QED) is 0.781. The van der Waals surface area contributed by atoms with E-state index in [1.807, 2.05) is 0 Å². The monoisotopic (exact) mass is 403 g/mol. The van der Waals surface area contributed by atoms with Crippen LogP contribution in [-0.4, -0.2) is 64.0 Å². The summed E-state index contributed by atoms with van der Waals surface area (Å²) < 4.78 is 21.5. The molecule has 1 aromatic carbocycles. The first-order valence-electron chi connectivity index (χ1n) is 10.1. The summed E-state index contributed by atoms with van der Waals surface area (Å²) in [5, 5.41) is 7.58. The van der Waals surface area contributed by atoms with Crippen LogP contribution >= 0.6 is 0 Å². The summed E-state index contributed by atoms with van der Waals surface area (Å²) in [6.07, 6.45) is 2.08. The number of morpholine rings is 1. The van der Waals surface area contributed by atoms with Gasteiger partial charge in [0, 0.05) is 32.1 Å². The lowest BCUT2D eigenvalue weighted by molar-refractivity contribution is -0.124. The number of nitrogens with one attached hydrogen (secondary N) is 1. The molecule has 2 aliphatic heterocycles. The van der Waals surface area contributed by atoms with E-state index in [2.05, 4.69) is 15.3 Å². The largest absolute Gasteiger partial charge is 0.379 e. The number of amides is 1. The zero-order valence-corrected chi connectivity index (χ0v) is 16.3. The Hall–Kier alpha value is -2.52. The summed E-state index contributed by atoms with van der Waals surface area (Å²) in [6, 6.07) is 6.12. The van der Waals surface area contributed by atoms with Crippen LogP contribution in [0.2, 0.25) is 0 Å². The molecule has 1 aromatic heterocycles. The Kier molecular flexibility index (Phi) is 6.05. The van der Waals surface area contributed by atoms with Crippen molar-refractivity contribution in [3.63, 3.8) is 0 Å². The molecule has 3 heterocycles. The van der Waals surface area contributed by atoms with Gasteiger partial charge in [0.25, 0.3) is 0 Å². The van der Waals surface area contributed by atoms with Crippen LogP contribution in [0.4, 0.5) is 4.39 Å². The standard InChI is InChI=1S/C20H26FN5O3/c21-16-3-1-15(2-4-16)13-26-20(28)25-8-7-17(5-6-18(25)23-26)22-19(27)14-24-9-11-29-12-10-24/h1-4,17H,5-14H2,(H,22,27). The predicted molar refractivity (Wildman–Crippen MR) is 104 cm³/mol. The molecular weight excluding hydrogens is 377 g/mol. The van der Waals surface area contributed by atoms with E-state index in [9.17, 15) is 14.0 Å². The van der Waals surface area contributed by atoms with E-state index < -0.39 is 0 Å². The van der Waals surface area contributed by atoms with E-state index in [0.717, 1.165) is 30.9 Å². The zero-order valence-electron chi connectivity index (χ0n) is 16.3. The fraction of sp³-hybridized carbons (Fsp3) is 0.550. The number of hydrogen-bond acceptors (Lipinski definition) is 5. The highest BCUT2D eigenvalue weighted by Gasteiger charge is 2.23. The lowest BCUT2D eigenvalue weighted by Gasteiger charge is -2.26. The number of aromatic nitrogens is 3. The molecule has 1 saturated heterocycles. The highest BCUT2D eigenvalue weighted by molar-refractivity contribution is 5.78. The highest BCUT2D eigenvalue weighted by Crippen LogP contribution is 2.13. The Bertz CT molecular complexity index is 902. The molecule has 0 spiro atoms. The fourth-order valence-electron chi connectivity index (χ4n) is 3.87. The number of fused-ring (bicyclic) bond motifs is 1. The molecule has 1 N–H and O–H groups in total. The van der Waals surface area contributed by atoms with Crippen LogP contribution in [0.3, 0.4) is 0 Å². The Labute approximate surface area is 168 Å². The summed E-state index contributed by atoms with van der Waals surface area (Å²) in [5.74, 6) is 0.454. The number of halogens is 1. The summed E-state index contributed by atoms with van der Waals surface area (Å²) in [6.45, 7) is 4.12. The average molecular weight is 403 g/mol. The van der Waals surface area contributed by atoms with E-state index in [1.54, 1.807) is 16.7 Å². The normalized spacial score (nSPS) is 20.1. The molecule has 2 aliphatic rings. The third-order valence-corrected chi connectivity index (χ3v) is 5.50. The van der Waals surface area contributed by atoms with Gasteiger partial charge in [0.2, 0.25) is 5.91 Å². The van der Waals surface area contributed by atoms with Crippen molar-refractivity contribution in [2.45, 2.75) is 38.4 Å². The maximum Gasteiger partial charge on any atom is 0.346 e. The lowest BCUT2D eigenvalue weighted by Crippen LogP contribution is -2.46. The van der Waals surface area contributed by atoms with Gasteiger partial charge in [0.05, 0.1) is 26.3 Å². The number of rotatable bonds is 5. The number of carbonyl (C=O) groups is 1. The minimum atomic E-state index is -0.302. The van der Waals surface area contributed by atoms with Gasteiger partial charge in [-0.05, 0) is 30.5 Å². The molecule has 1 atom stereocenters. The first-order chi connectivity index (χ1) is 14.1. The van der Waals surface area contributed by atoms with Gasteiger partial charge in [0.1, 0.15) is 11.6 Å². The molecule has 1 unspecified atom stereocenters.